The minimum Gasteiger partial charge on any atom is -0.309 e. The van der Waals surface area contributed by atoms with Gasteiger partial charge in [0.25, 0.3) is 0 Å². The predicted molar refractivity (Wildman–Crippen MR) is 174 cm³/mol. The number of nitrogens with zero attached hydrogens (tertiary/aromatic N) is 1. The van der Waals surface area contributed by atoms with Crippen molar-refractivity contribution in [1.82, 2.24) is 4.57 Å². The first-order valence-corrected chi connectivity index (χ1v) is 14.5. The summed E-state index contributed by atoms with van der Waals surface area (Å²) >= 11 is 1.92. The zero-order valence-corrected chi connectivity index (χ0v) is 22.5. The molecule has 0 aliphatic rings. The average Bonchev–Trinajstić information content (AvgIpc) is 3.58. The Morgan fingerprint density at radius 3 is 1.90 bits per heavy atom. The Kier molecular flexibility index (Phi) is 4.55. The molecule has 0 atom stereocenters. The van der Waals surface area contributed by atoms with Gasteiger partial charge in [0.2, 0.25) is 0 Å². The summed E-state index contributed by atoms with van der Waals surface area (Å²) in [5, 5.41) is 10.6. The van der Waals surface area contributed by atoms with E-state index in [0.717, 1.165) is 0 Å². The van der Waals surface area contributed by atoms with E-state index < -0.39 is 0 Å². The summed E-state index contributed by atoms with van der Waals surface area (Å²) in [5.41, 5.74) is 6.17. The Hall–Kier alpha value is -4.92. The highest BCUT2D eigenvalue weighted by molar-refractivity contribution is 7.27. The molecule has 0 amide bonds. The van der Waals surface area contributed by atoms with Crippen molar-refractivity contribution >= 4 is 74.9 Å². The summed E-state index contributed by atoms with van der Waals surface area (Å²) in [4.78, 5) is 0. The number of fused-ring (bicyclic) bond motifs is 12. The minimum absolute atomic E-state index is 1.18. The zero-order valence-electron chi connectivity index (χ0n) is 21.6. The molecule has 7 aromatic carbocycles. The van der Waals surface area contributed by atoms with E-state index in [1.807, 2.05) is 11.3 Å². The second-order valence-corrected chi connectivity index (χ2v) is 11.6. The summed E-state index contributed by atoms with van der Waals surface area (Å²) in [6.07, 6.45) is 0. The third-order valence-electron chi connectivity index (χ3n) is 8.36. The van der Waals surface area contributed by atoms with Crippen molar-refractivity contribution < 1.29 is 0 Å². The van der Waals surface area contributed by atoms with Crippen LogP contribution in [-0.2, 0) is 0 Å². The molecule has 186 valence electrons. The van der Waals surface area contributed by atoms with Crippen LogP contribution < -0.4 is 0 Å². The van der Waals surface area contributed by atoms with Gasteiger partial charge in [-0.05, 0) is 46.2 Å². The molecule has 0 fully saturated rings. The number of thiophene rings is 1. The van der Waals surface area contributed by atoms with E-state index in [0.29, 0.717) is 0 Å². The van der Waals surface area contributed by atoms with Crippen LogP contribution in [0.2, 0.25) is 0 Å². The van der Waals surface area contributed by atoms with Crippen LogP contribution in [0.4, 0.5) is 0 Å². The lowest BCUT2D eigenvalue weighted by atomic mass is 9.97. The molecule has 0 unspecified atom stereocenters. The SMILES string of the molecule is c1ccc(-c2ccc(-n3c4ccc5ccccc5c4c4c5c6ccccc6sc5c5ccccc5c43)cc2)cc1. The lowest BCUT2D eigenvalue weighted by Crippen LogP contribution is -1.94. The highest BCUT2D eigenvalue weighted by atomic mass is 32.1. The summed E-state index contributed by atoms with van der Waals surface area (Å²) in [6, 6.07) is 51.0. The van der Waals surface area contributed by atoms with E-state index in [9.17, 15) is 0 Å². The molecular weight excluding hydrogens is 502 g/mol. The van der Waals surface area contributed by atoms with Crippen molar-refractivity contribution in [1.29, 1.82) is 0 Å². The van der Waals surface area contributed by atoms with Crippen LogP contribution in [0, 0.1) is 0 Å². The van der Waals surface area contributed by atoms with Crippen LogP contribution in [0.3, 0.4) is 0 Å². The molecule has 9 rings (SSSR count). The van der Waals surface area contributed by atoms with Crippen molar-refractivity contribution in [3.05, 3.63) is 140 Å². The number of rotatable bonds is 2. The molecule has 2 aromatic heterocycles. The number of aromatic nitrogens is 1. The Bertz CT molecular complexity index is 2410. The maximum Gasteiger partial charge on any atom is 0.0626 e. The van der Waals surface area contributed by atoms with Gasteiger partial charge in [0.05, 0.1) is 11.0 Å². The van der Waals surface area contributed by atoms with Crippen LogP contribution in [0.5, 0.6) is 0 Å². The fourth-order valence-corrected chi connectivity index (χ4v) is 7.88. The van der Waals surface area contributed by atoms with Gasteiger partial charge in [-0.25, -0.2) is 0 Å². The van der Waals surface area contributed by atoms with Crippen molar-refractivity contribution in [3.8, 4) is 16.8 Å². The van der Waals surface area contributed by atoms with Crippen LogP contribution in [0.1, 0.15) is 0 Å². The second kappa shape index (κ2) is 8.29. The quantitative estimate of drug-likeness (QED) is 0.211. The molecular formula is C38H23NS. The molecule has 0 bridgehead atoms. The maximum absolute atomic E-state index is 2.50. The average molecular weight is 526 g/mol. The Balaban J connectivity index is 1.52. The topological polar surface area (TPSA) is 4.93 Å². The van der Waals surface area contributed by atoms with E-state index in [1.165, 1.54) is 80.3 Å². The molecule has 0 saturated carbocycles. The lowest BCUT2D eigenvalue weighted by Gasteiger charge is -2.12. The van der Waals surface area contributed by atoms with Crippen LogP contribution in [0.15, 0.2) is 140 Å². The first kappa shape index (κ1) is 22.0. The summed E-state index contributed by atoms with van der Waals surface area (Å²) in [7, 11) is 0. The van der Waals surface area contributed by atoms with Gasteiger partial charge < -0.3 is 4.57 Å². The smallest absolute Gasteiger partial charge is 0.0626 e. The summed E-state index contributed by atoms with van der Waals surface area (Å²) in [6.45, 7) is 0. The standard InChI is InChI=1S/C38H23NS/c1-2-10-24(11-3-1)25-18-21-27(22-19-25)39-32-23-20-26-12-4-5-13-28(26)34(32)36-35-31-16-8-9-17-33(31)40-38(35)30-15-7-6-14-29(30)37(36)39/h1-23H. The molecule has 0 saturated heterocycles. The highest BCUT2D eigenvalue weighted by Crippen LogP contribution is 2.49. The number of hydrogen-bond donors (Lipinski definition) is 0. The summed E-state index contributed by atoms with van der Waals surface area (Å²) < 4.78 is 5.21. The Labute approximate surface area is 235 Å². The van der Waals surface area contributed by atoms with E-state index in [4.69, 9.17) is 0 Å². The van der Waals surface area contributed by atoms with Crippen molar-refractivity contribution in [3.63, 3.8) is 0 Å². The van der Waals surface area contributed by atoms with E-state index in [2.05, 4.69) is 144 Å². The Morgan fingerprint density at radius 2 is 1.07 bits per heavy atom. The van der Waals surface area contributed by atoms with E-state index in [-0.39, 0.29) is 0 Å². The van der Waals surface area contributed by atoms with Gasteiger partial charge in [-0.3, -0.25) is 0 Å². The molecule has 2 heteroatoms. The molecule has 0 aliphatic carbocycles. The first-order valence-electron chi connectivity index (χ1n) is 13.7. The van der Waals surface area contributed by atoms with Gasteiger partial charge in [0, 0.05) is 47.4 Å². The van der Waals surface area contributed by atoms with Gasteiger partial charge in [-0.15, -0.1) is 11.3 Å². The number of hydrogen-bond acceptors (Lipinski definition) is 1. The third-order valence-corrected chi connectivity index (χ3v) is 9.57. The molecule has 1 nitrogen and oxygen atoms in total. The molecule has 0 N–H and O–H groups in total. The van der Waals surface area contributed by atoms with Crippen molar-refractivity contribution in [2.24, 2.45) is 0 Å². The highest BCUT2D eigenvalue weighted by Gasteiger charge is 2.22. The third kappa shape index (κ3) is 2.97. The van der Waals surface area contributed by atoms with Gasteiger partial charge in [0.15, 0.2) is 0 Å². The van der Waals surface area contributed by atoms with Crippen molar-refractivity contribution in [2.45, 2.75) is 0 Å². The van der Waals surface area contributed by atoms with Crippen molar-refractivity contribution in [2.75, 3.05) is 0 Å². The predicted octanol–water partition coefficient (Wildman–Crippen LogP) is 11.1. The molecule has 0 radical (unpaired) electrons. The molecule has 2 heterocycles. The summed E-state index contributed by atoms with van der Waals surface area (Å²) in [5.74, 6) is 0. The minimum atomic E-state index is 1.18. The Morgan fingerprint density at radius 1 is 0.425 bits per heavy atom. The zero-order chi connectivity index (χ0) is 26.2. The fourth-order valence-electron chi connectivity index (χ4n) is 6.63. The van der Waals surface area contributed by atoms with Gasteiger partial charge in [0.1, 0.15) is 0 Å². The largest absolute Gasteiger partial charge is 0.309 e. The normalized spacial score (nSPS) is 12.0. The lowest BCUT2D eigenvalue weighted by molar-refractivity contribution is 1.19. The van der Waals surface area contributed by atoms with Crippen LogP contribution >= 0.6 is 11.3 Å². The number of benzene rings is 7. The molecule has 40 heavy (non-hydrogen) atoms. The molecule has 0 aliphatic heterocycles. The van der Waals surface area contributed by atoms with Gasteiger partial charge in [-0.1, -0.05) is 115 Å². The fraction of sp³-hybridized carbons (Fsp3) is 0. The maximum atomic E-state index is 2.50. The molecule has 0 spiro atoms. The van der Waals surface area contributed by atoms with E-state index >= 15 is 0 Å². The van der Waals surface area contributed by atoms with Crippen LogP contribution in [0.25, 0.3) is 80.3 Å². The van der Waals surface area contributed by atoms with E-state index in [1.54, 1.807) is 0 Å². The van der Waals surface area contributed by atoms with Gasteiger partial charge in [-0.2, -0.15) is 0 Å². The van der Waals surface area contributed by atoms with Crippen LogP contribution in [-0.4, -0.2) is 4.57 Å². The monoisotopic (exact) mass is 525 g/mol. The van der Waals surface area contributed by atoms with Gasteiger partial charge >= 0.3 is 0 Å². The first-order chi connectivity index (χ1) is 19.9. The second-order valence-electron chi connectivity index (χ2n) is 10.5. The molecule has 9 aromatic rings.